The molecule has 0 bridgehead atoms. The molecule has 7 heteroatoms. The molecule has 0 aliphatic carbocycles. The summed E-state index contributed by atoms with van der Waals surface area (Å²) in [5, 5.41) is 21.4. The van der Waals surface area contributed by atoms with E-state index in [9.17, 15) is 14.7 Å². The second kappa shape index (κ2) is 5.92. The summed E-state index contributed by atoms with van der Waals surface area (Å²) in [5.74, 6) is -1.80. The SMILES string of the molecule is CCCc1ncc(C(=O)NCC(C)(O)C(=O)O)s1. The van der Waals surface area contributed by atoms with Gasteiger partial charge in [0.15, 0.2) is 5.60 Å². The van der Waals surface area contributed by atoms with E-state index in [-0.39, 0.29) is 6.54 Å². The van der Waals surface area contributed by atoms with Gasteiger partial charge in [0.25, 0.3) is 5.91 Å². The van der Waals surface area contributed by atoms with Crippen LogP contribution in [0.5, 0.6) is 0 Å². The van der Waals surface area contributed by atoms with Crippen LogP contribution in [-0.4, -0.2) is 39.2 Å². The molecule has 0 aliphatic rings. The highest BCUT2D eigenvalue weighted by atomic mass is 32.1. The van der Waals surface area contributed by atoms with Crippen molar-refractivity contribution in [2.45, 2.75) is 32.3 Å². The van der Waals surface area contributed by atoms with Crippen LogP contribution in [0.2, 0.25) is 0 Å². The lowest BCUT2D eigenvalue weighted by Crippen LogP contribution is -2.46. The van der Waals surface area contributed by atoms with Crippen molar-refractivity contribution >= 4 is 23.2 Å². The van der Waals surface area contributed by atoms with Crippen molar-refractivity contribution in [2.24, 2.45) is 0 Å². The van der Waals surface area contributed by atoms with Crippen LogP contribution >= 0.6 is 11.3 Å². The van der Waals surface area contributed by atoms with Crippen molar-refractivity contribution < 1.29 is 19.8 Å². The minimum absolute atomic E-state index is 0.345. The van der Waals surface area contributed by atoms with E-state index in [1.807, 2.05) is 6.92 Å². The molecule has 1 amide bonds. The molecule has 0 spiro atoms. The number of aliphatic carboxylic acids is 1. The molecule has 18 heavy (non-hydrogen) atoms. The third-order valence-electron chi connectivity index (χ3n) is 2.30. The first-order valence-corrected chi connectivity index (χ1v) is 6.37. The molecule has 0 aliphatic heterocycles. The molecular formula is C11H16N2O4S. The van der Waals surface area contributed by atoms with Crippen LogP contribution in [-0.2, 0) is 11.2 Å². The number of nitrogens with zero attached hydrogens (tertiary/aromatic N) is 1. The zero-order valence-electron chi connectivity index (χ0n) is 10.3. The number of aliphatic hydroxyl groups is 1. The Hall–Kier alpha value is -1.47. The molecule has 1 aromatic rings. The number of hydrogen-bond acceptors (Lipinski definition) is 5. The van der Waals surface area contributed by atoms with E-state index in [0.29, 0.717) is 4.88 Å². The van der Waals surface area contributed by atoms with E-state index in [2.05, 4.69) is 10.3 Å². The van der Waals surface area contributed by atoms with E-state index in [1.165, 1.54) is 17.5 Å². The zero-order valence-corrected chi connectivity index (χ0v) is 11.1. The van der Waals surface area contributed by atoms with Gasteiger partial charge in [-0.1, -0.05) is 6.92 Å². The molecule has 3 N–H and O–H groups in total. The molecule has 0 saturated carbocycles. The standard InChI is InChI=1S/C11H16N2O4S/c1-3-4-8-12-5-7(18-8)9(14)13-6-11(2,17)10(15)16/h5,17H,3-4,6H2,1-2H3,(H,13,14)(H,15,16). The molecule has 0 aromatic carbocycles. The number of hydrogen-bond donors (Lipinski definition) is 3. The van der Waals surface area contributed by atoms with Gasteiger partial charge in [0, 0.05) is 0 Å². The van der Waals surface area contributed by atoms with Crippen molar-refractivity contribution in [3.63, 3.8) is 0 Å². The third kappa shape index (κ3) is 3.78. The quantitative estimate of drug-likeness (QED) is 0.706. The highest BCUT2D eigenvalue weighted by Gasteiger charge is 2.30. The molecule has 0 radical (unpaired) electrons. The average molecular weight is 272 g/mol. The van der Waals surface area contributed by atoms with Gasteiger partial charge in [0.1, 0.15) is 4.88 Å². The van der Waals surface area contributed by atoms with Crippen molar-refractivity contribution in [2.75, 3.05) is 6.54 Å². The second-order valence-electron chi connectivity index (χ2n) is 4.13. The molecule has 0 saturated heterocycles. The Labute approximate surface area is 109 Å². The molecule has 1 aromatic heterocycles. The number of carboxylic acid groups (broad SMARTS) is 1. The topological polar surface area (TPSA) is 99.5 Å². The van der Waals surface area contributed by atoms with Gasteiger partial charge in [0.05, 0.1) is 17.7 Å². The number of aryl methyl sites for hydroxylation is 1. The molecule has 1 heterocycles. The minimum atomic E-state index is -1.97. The number of carbonyl (C=O) groups excluding carboxylic acids is 1. The molecule has 1 atom stereocenters. The van der Waals surface area contributed by atoms with Gasteiger partial charge in [-0.2, -0.15) is 0 Å². The maximum absolute atomic E-state index is 11.7. The molecule has 0 fully saturated rings. The van der Waals surface area contributed by atoms with Gasteiger partial charge in [-0.05, 0) is 19.8 Å². The number of carboxylic acids is 1. The first kappa shape index (κ1) is 14.6. The van der Waals surface area contributed by atoms with Crippen molar-refractivity contribution in [3.05, 3.63) is 16.1 Å². The number of nitrogens with one attached hydrogen (secondary N) is 1. The van der Waals surface area contributed by atoms with Gasteiger partial charge in [0.2, 0.25) is 0 Å². The number of aromatic nitrogens is 1. The number of carbonyl (C=O) groups is 2. The van der Waals surface area contributed by atoms with Crippen LogP contribution in [0.15, 0.2) is 6.20 Å². The van der Waals surface area contributed by atoms with Gasteiger partial charge in [-0.25, -0.2) is 9.78 Å². The Morgan fingerprint density at radius 2 is 2.22 bits per heavy atom. The van der Waals surface area contributed by atoms with Crippen LogP contribution in [0.4, 0.5) is 0 Å². The van der Waals surface area contributed by atoms with Gasteiger partial charge in [-0.3, -0.25) is 4.79 Å². The molecule has 1 unspecified atom stereocenters. The lowest BCUT2D eigenvalue weighted by Gasteiger charge is -2.17. The first-order valence-electron chi connectivity index (χ1n) is 5.55. The predicted octanol–water partition coefficient (Wildman–Crippen LogP) is 0.661. The zero-order chi connectivity index (χ0) is 13.8. The predicted molar refractivity (Wildman–Crippen MR) is 66.7 cm³/mol. The Morgan fingerprint density at radius 1 is 1.56 bits per heavy atom. The largest absolute Gasteiger partial charge is 0.479 e. The Bertz CT molecular complexity index is 442. The minimum Gasteiger partial charge on any atom is -0.479 e. The lowest BCUT2D eigenvalue weighted by atomic mass is 10.1. The number of thiazole rings is 1. The van der Waals surface area contributed by atoms with E-state index in [4.69, 9.17) is 5.11 Å². The smallest absolute Gasteiger partial charge is 0.337 e. The van der Waals surface area contributed by atoms with Crippen LogP contribution in [0.25, 0.3) is 0 Å². The Kier molecular flexibility index (Phi) is 4.80. The van der Waals surface area contributed by atoms with Crippen LogP contribution < -0.4 is 5.32 Å². The maximum Gasteiger partial charge on any atom is 0.337 e. The van der Waals surface area contributed by atoms with Gasteiger partial charge < -0.3 is 15.5 Å². The Balaban J connectivity index is 2.57. The van der Waals surface area contributed by atoms with Crippen molar-refractivity contribution in [3.8, 4) is 0 Å². The van der Waals surface area contributed by atoms with Crippen LogP contribution in [0.3, 0.4) is 0 Å². The van der Waals surface area contributed by atoms with E-state index in [0.717, 1.165) is 24.8 Å². The van der Waals surface area contributed by atoms with Gasteiger partial charge in [-0.15, -0.1) is 11.3 Å². The fraction of sp³-hybridized carbons (Fsp3) is 0.545. The molecule has 1 rings (SSSR count). The monoisotopic (exact) mass is 272 g/mol. The fourth-order valence-electron chi connectivity index (χ4n) is 1.16. The number of amides is 1. The summed E-state index contributed by atoms with van der Waals surface area (Å²) in [7, 11) is 0. The van der Waals surface area contributed by atoms with Crippen molar-refractivity contribution in [1.82, 2.24) is 10.3 Å². The fourth-order valence-corrected chi connectivity index (χ4v) is 2.10. The van der Waals surface area contributed by atoms with Gasteiger partial charge >= 0.3 is 5.97 Å². The number of rotatable bonds is 6. The summed E-state index contributed by atoms with van der Waals surface area (Å²) in [6.45, 7) is 2.80. The van der Waals surface area contributed by atoms with Crippen LogP contribution in [0.1, 0.15) is 34.9 Å². The summed E-state index contributed by atoms with van der Waals surface area (Å²) in [6.07, 6.45) is 3.22. The summed E-state index contributed by atoms with van der Waals surface area (Å²) in [5.41, 5.74) is -1.97. The summed E-state index contributed by atoms with van der Waals surface area (Å²) < 4.78 is 0. The molecular weight excluding hydrogens is 256 g/mol. The highest BCUT2D eigenvalue weighted by Crippen LogP contribution is 2.14. The molecule has 100 valence electrons. The Morgan fingerprint density at radius 3 is 2.78 bits per heavy atom. The normalized spacial score (nSPS) is 13.9. The maximum atomic E-state index is 11.7. The summed E-state index contributed by atoms with van der Waals surface area (Å²) in [6, 6.07) is 0. The van der Waals surface area contributed by atoms with Crippen molar-refractivity contribution in [1.29, 1.82) is 0 Å². The molecule has 6 nitrogen and oxygen atoms in total. The highest BCUT2D eigenvalue weighted by molar-refractivity contribution is 7.13. The van der Waals surface area contributed by atoms with E-state index >= 15 is 0 Å². The summed E-state index contributed by atoms with van der Waals surface area (Å²) >= 11 is 1.27. The lowest BCUT2D eigenvalue weighted by molar-refractivity contribution is -0.155. The summed E-state index contributed by atoms with van der Waals surface area (Å²) in [4.78, 5) is 26.8. The first-order chi connectivity index (χ1) is 8.36. The van der Waals surface area contributed by atoms with E-state index in [1.54, 1.807) is 0 Å². The van der Waals surface area contributed by atoms with Crippen LogP contribution in [0, 0.1) is 0 Å². The average Bonchev–Trinajstić information content (AvgIpc) is 2.75. The van der Waals surface area contributed by atoms with E-state index < -0.39 is 17.5 Å². The second-order valence-corrected chi connectivity index (χ2v) is 5.25. The third-order valence-corrected chi connectivity index (χ3v) is 3.35.